The van der Waals surface area contributed by atoms with E-state index in [9.17, 15) is 28.3 Å². The van der Waals surface area contributed by atoms with Gasteiger partial charge in [-0.2, -0.15) is 0 Å². The molecule has 0 radical (unpaired) electrons. The van der Waals surface area contributed by atoms with Crippen molar-refractivity contribution in [3.05, 3.63) is 63.1 Å². The van der Waals surface area contributed by atoms with Gasteiger partial charge in [-0.1, -0.05) is 6.07 Å². The van der Waals surface area contributed by atoms with Crippen molar-refractivity contribution in [1.82, 2.24) is 14.8 Å². The Bertz CT molecular complexity index is 1160. The first-order chi connectivity index (χ1) is 14.8. The highest BCUT2D eigenvalue weighted by molar-refractivity contribution is 5.99. The molecule has 31 heavy (non-hydrogen) atoms. The number of aromatic hydroxyl groups is 1. The van der Waals surface area contributed by atoms with Crippen molar-refractivity contribution in [2.45, 2.75) is 38.4 Å². The zero-order valence-corrected chi connectivity index (χ0v) is 16.6. The van der Waals surface area contributed by atoms with E-state index in [0.29, 0.717) is 31.0 Å². The van der Waals surface area contributed by atoms with Crippen LogP contribution in [0.15, 0.2) is 29.2 Å². The molecule has 1 aromatic carbocycles. The standard InChI is InChI=1S/C22H21F2N3O4/c23-13-3-1-12(16(24)8-13)9-25-21(30)15-10-26-5-6-27(17-4-2-11-7-14(11)17)22(31)18(26)20(29)19(15)28/h1,3,8,10-11,14,17,29H,2,4-7,9H2,(H,25,30). The Balaban J connectivity index is 1.38. The Labute approximate surface area is 176 Å². The maximum absolute atomic E-state index is 13.8. The van der Waals surface area contributed by atoms with Crippen molar-refractivity contribution in [2.24, 2.45) is 11.8 Å². The van der Waals surface area contributed by atoms with Crippen LogP contribution >= 0.6 is 0 Å². The Kier molecular flexibility index (Phi) is 4.56. The van der Waals surface area contributed by atoms with E-state index in [2.05, 4.69) is 5.32 Å². The lowest BCUT2D eigenvalue weighted by Gasteiger charge is -2.35. The Hall–Kier alpha value is -3.23. The molecule has 3 aliphatic rings. The van der Waals surface area contributed by atoms with E-state index in [1.165, 1.54) is 16.8 Å². The second-order valence-corrected chi connectivity index (χ2v) is 8.48. The number of carbonyl (C=O) groups is 2. The number of benzene rings is 1. The van der Waals surface area contributed by atoms with Crippen LogP contribution in [0.5, 0.6) is 5.75 Å². The SMILES string of the molecule is O=C(NCc1ccc(F)cc1F)c1cn2c(c(O)c1=O)C(=O)N(C1CCC3CC31)CC2. The maximum Gasteiger partial charge on any atom is 0.274 e. The largest absolute Gasteiger partial charge is 0.503 e. The van der Waals surface area contributed by atoms with Crippen LogP contribution in [-0.2, 0) is 13.1 Å². The summed E-state index contributed by atoms with van der Waals surface area (Å²) in [4.78, 5) is 39.9. The number of halogens is 2. The topological polar surface area (TPSA) is 91.6 Å². The molecule has 2 aromatic rings. The second kappa shape index (κ2) is 7.18. The van der Waals surface area contributed by atoms with Crippen LogP contribution in [-0.4, -0.2) is 39.0 Å². The van der Waals surface area contributed by atoms with Gasteiger partial charge in [0.15, 0.2) is 11.4 Å². The third kappa shape index (κ3) is 3.28. The smallest absolute Gasteiger partial charge is 0.274 e. The van der Waals surface area contributed by atoms with Gasteiger partial charge in [0.2, 0.25) is 5.43 Å². The van der Waals surface area contributed by atoms with E-state index in [0.717, 1.165) is 25.3 Å². The number of aromatic nitrogens is 1. The predicted octanol–water partition coefficient (Wildman–Crippen LogP) is 2.02. The molecule has 2 saturated carbocycles. The molecule has 0 bridgehead atoms. The summed E-state index contributed by atoms with van der Waals surface area (Å²) in [6.45, 7) is 0.545. The molecule has 3 atom stereocenters. The summed E-state index contributed by atoms with van der Waals surface area (Å²) >= 11 is 0. The molecular weight excluding hydrogens is 408 g/mol. The number of nitrogens with zero attached hydrogens (tertiary/aromatic N) is 2. The number of fused-ring (bicyclic) bond motifs is 2. The number of amides is 2. The number of rotatable bonds is 4. The lowest BCUT2D eigenvalue weighted by atomic mass is 10.1. The van der Waals surface area contributed by atoms with E-state index in [1.54, 1.807) is 4.90 Å². The molecule has 2 fully saturated rings. The fourth-order valence-electron chi connectivity index (χ4n) is 4.98. The summed E-state index contributed by atoms with van der Waals surface area (Å²) in [5, 5.41) is 12.9. The third-order valence-electron chi connectivity index (χ3n) is 6.71. The number of pyridine rings is 1. The summed E-state index contributed by atoms with van der Waals surface area (Å²) in [7, 11) is 0. The molecule has 162 valence electrons. The molecule has 2 heterocycles. The molecule has 2 amide bonds. The monoisotopic (exact) mass is 429 g/mol. The molecule has 1 aliphatic heterocycles. The molecule has 3 unspecified atom stereocenters. The van der Waals surface area contributed by atoms with Crippen LogP contribution in [0.4, 0.5) is 8.78 Å². The van der Waals surface area contributed by atoms with Gasteiger partial charge in [0, 0.05) is 43.5 Å². The van der Waals surface area contributed by atoms with E-state index < -0.39 is 34.6 Å². The molecule has 0 saturated heterocycles. The minimum Gasteiger partial charge on any atom is -0.503 e. The summed E-state index contributed by atoms with van der Waals surface area (Å²) in [6, 6.07) is 3.11. The van der Waals surface area contributed by atoms with Gasteiger partial charge in [0.25, 0.3) is 11.8 Å². The summed E-state index contributed by atoms with van der Waals surface area (Å²) in [5.41, 5.74) is -1.33. The average Bonchev–Trinajstić information content (AvgIpc) is 3.40. The van der Waals surface area contributed by atoms with Gasteiger partial charge < -0.3 is 19.9 Å². The molecular formula is C22H21F2N3O4. The minimum absolute atomic E-state index is 0.0535. The van der Waals surface area contributed by atoms with Gasteiger partial charge in [-0.15, -0.1) is 0 Å². The zero-order chi connectivity index (χ0) is 21.9. The Morgan fingerprint density at radius 2 is 2.00 bits per heavy atom. The first kappa shape index (κ1) is 19.7. The fourth-order valence-corrected chi connectivity index (χ4v) is 4.98. The molecule has 2 aliphatic carbocycles. The van der Waals surface area contributed by atoms with E-state index in [1.807, 2.05) is 0 Å². The van der Waals surface area contributed by atoms with Crippen LogP contribution in [0.25, 0.3) is 0 Å². The Morgan fingerprint density at radius 3 is 2.68 bits per heavy atom. The van der Waals surface area contributed by atoms with Gasteiger partial charge in [-0.3, -0.25) is 14.4 Å². The average molecular weight is 429 g/mol. The van der Waals surface area contributed by atoms with Gasteiger partial charge in [0.1, 0.15) is 17.2 Å². The normalized spacial score (nSPS) is 24.0. The zero-order valence-electron chi connectivity index (χ0n) is 16.6. The molecule has 7 nitrogen and oxygen atoms in total. The highest BCUT2D eigenvalue weighted by atomic mass is 19.1. The van der Waals surface area contributed by atoms with Crippen LogP contribution in [0.1, 0.15) is 45.7 Å². The van der Waals surface area contributed by atoms with Crippen LogP contribution in [0, 0.1) is 23.5 Å². The van der Waals surface area contributed by atoms with Gasteiger partial charge >= 0.3 is 0 Å². The maximum atomic E-state index is 13.8. The quantitative estimate of drug-likeness (QED) is 0.778. The lowest BCUT2D eigenvalue weighted by Crippen LogP contribution is -2.48. The van der Waals surface area contributed by atoms with Crippen LogP contribution < -0.4 is 10.7 Å². The van der Waals surface area contributed by atoms with E-state index >= 15 is 0 Å². The van der Waals surface area contributed by atoms with Crippen molar-refractivity contribution in [1.29, 1.82) is 0 Å². The molecule has 0 spiro atoms. The summed E-state index contributed by atoms with van der Waals surface area (Å²) in [5.74, 6) is -2.31. The van der Waals surface area contributed by atoms with Gasteiger partial charge in [-0.05, 0) is 37.2 Å². The highest BCUT2D eigenvalue weighted by Crippen LogP contribution is 2.54. The molecule has 1 aromatic heterocycles. The van der Waals surface area contributed by atoms with Crippen molar-refractivity contribution < 1.29 is 23.5 Å². The van der Waals surface area contributed by atoms with E-state index in [-0.39, 0.29) is 29.4 Å². The van der Waals surface area contributed by atoms with Gasteiger partial charge in [-0.25, -0.2) is 8.78 Å². The summed E-state index contributed by atoms with van der Waals surface area (Å²) < 4.78 is 28.2. The summed E-state index contributed by atoms with van der Waals surface area (Å²) in [6.07, 6.45) is 4.43. The number of carbonyl (C=O) groups excluding carboxylic acids is 2. The second-order valence-electron chi connectivity index (χ2n) is 8.48. The number of hydrogen-bond donors (Lipinski definition) is 2. The van der Waals surface area contributed by atoms with Crippen molar-refractivity contribution in [2.75, 3.05) is 6.54 Å². The predicted molar refractivity (Wildman–Crippen MR) is 106 cm³/mol. The molecule has 9 heteroatoms. The lowest BCUT2D eigenvalue weighted by molar-refractivity contribution is 0.0590. The highest BCUT2D eigenvalue weighted by Gasteiger charge is 2.52. The minimum atomic E-state index is -0.950. The van der Waals surface area contributed by atoms with Crippen molar-refractivity contribution in [3.8, 4) is 5.75 Å². The van der Waals surface area contributed by atoms with Crippen LogP contribution in [0.2, 0.25) is 0 Å². The third-order valence-corrected chi connectivity index (χ3v) is 6.71. The van der Waals surface area contributed by atoms with E-state index in [4.69, 9.17) is 0 Å². The van der Waals surface area contributed by atoms with Crippen molar-refractivity contribution >= 4 is 11.8 Å². The number of hydrogen-bond acceptors (Lipinski definition) is 4. The first-order valence-electron chi connectivity index (χ1n) is 10.3. The molecule has 2 N–H and O–H groups in total. The fraction of sp³-hybridized carbons (Fsp3) is 0.409. The number of nitrogens with one attached hydrogen (secondary N) is 1. The van der Waals surface area contributed by atoms with Gasteiger partial charge in [0.05, 0.1) is 0 Å². The van der Waals surface area contributed by atoms with Crippen molar-refractivity contribution in [3.63, 3.8) is 0 Å². The Morgan fingerprint density at radius 1 is 1.19 bits per heavy atom. The molecule has 5 rings (SSSR count). The first-order valence-corrected chi connectivity index (χ1v) is 10.3. The van der Waals surface area contributed by atoms with Crippen LogP contribution in [0.3, 0.4) is 0 Å².